The van der Waals surface area contributed by atoms with E-state index in [1.165, 1.54) is 13.1 Å². The van der Waals surface area contributed by atoms with Crippen LogP contribution in [0.4, 0.5) is 10.5 Å². The fourth-order valence-corrected chi connectivity index (χ4v) is 3.69. The van der Waals surface area contributed by atoms with Gasteiger partial charge in [-0.2, -0.15) is 0 Å². The maximum atomic E-state index is 13.3. The van der Waals surface area contributed by atoms with Crippen molar-refractivity contribution in [3.8, 4) is 5.75 Å². The monoisotopic (exact) mass is 434 g/mol. The van der Waals surface area contributed by atoms with Gasteiger partial charge in [-0.05, 0) is 46.7 Å². The Morgan fingerprint density at radius 2 is 1.31 bits per heavy atom. The smallest absolute Gasteiger partial charge is 0.338 e. The van der Waals surface area contributed by atoms with Gasteiger partial charge in [-0.1, -0.05) is 59.7 Å². The Bertz CT molecular complexity index is 1080. The molecule has 3 rings (SSSR count). The van der Waals surface area contributed by atoms with Crippen molar-refractivity contribution < 1.29 is 19.5 Å². The standard InChI is InChI=1S/C26H30N2O4/c1-25(2,3)19-14-16(15-20(21(19)29)26(4,5)6)13-18-22(30)27(7)24(32)28(23(18)31)17-11-9-8-10-12-17/h8-15,29H,1-7H3/b18-13+. The summed E-state index contributed by atoms with van der Waals surface area (Å²) < 4.78 is 0. The lowest BCUT2D eigenvalue weighted by molar-refractivity contribution is -0.128. The Morgan fingerprint density at radius 1 is 0.812 bits per heavy atom. The number of anilines is 1. The molecule has 1 N–H and O–H groups in total. The molecular formula is C26H30N2O4. The van der Waals surface area contributed by atoms with Gasteiger partial charge in [-0.3, -0.25) is 14.5 Å². The number of phenols is 1. The van der Waals surface area contributed by atoms with E-state index in [0.29, 0.717) is 11.3 Å². The Labute approximate surface area is 189 Å². The third kappa shape index (κ3) is 4.17. The van der Waals surface area contributed by atoms with E-state index in [0.717, 1.165) is 20.9 Å². The summed E-state index contributed by atoms with van der Waals surface area (Å²) in [5.74, 6) is -1.12. The number of hydrogen-bond donors (Lipinski definition) is 1. The molecular weight excluding hydrogens is 404 g/mol. The molecule has 1 saturated heterocycles. The van der Waals surface area contributed by atoms with Gasteiger partial charge in [0.25, 0.3) is 11.8 Å². The van der Waals surface area contributed by atoms with Gasteiger partial charge in [0.15, 0.2) is 0 Å². The van der Waals surface area contributed by atoms with Crippen LogP contribution in [0.25, 0.3) is 6.08 Å². The number of likely N-dealkylation sites (N-methyl/N-ethyl adjacent to an activating group) is 1. The van der Waals surface area contributed by atoms with Crippen LogP contribution in [0.2, 0.25) is 0 Å². The maximum Gasteiger partial charge on any atom is 0.338 e. The first kappa shape index (κ1) is 23.3. The van der Waals surface area contributed by atoms with Crippen molar-refractivity contribution in [2.45, 2.75) is 52.4 Å². The van der Waals surface area contributed by atoms with E-state index < -0.39 is 17.8 Å². The highest BCUT2D eigenvalue weighted by molar-refractivity contribution is 6.39. The van der Waals surface area contributed by atoms with Gasteiger partial charge in [0.05, 0.1) is 5.69 Å². The van der Waals surface area contributed by atoms with Crippen molar-refractivity contribution in [3.05, 3.63) is 64.7 Å². The molecule has 0 unspecified atom stereocenters. The highest BCUT2D eigenvalue weighted by Gasteiger charge is 2.41. The van der Waals surface area contributed by atoms with E-state index in [-0.39, 0.29) is 22.2 Å². The van der Waals surface area contributed by atoms with Crippen LogP contribution in [0.1, 0.15) is 58.2 Å². The van der Waals surface area contributed by atoms with Crippen molar-refractivity contribution in [3.63, 3.8) is 0 Å². The first-order chi connectivity index (χ1) is 14.7. The summed E-state index contributed by atoms with van der Waals surface area (Å²) in [7, 11) is 1.36. The third-order valence-corrected chi connectivity index (χ3v) is 5.52. The van der Waals surface area contributed by atoms with Gasteiger partial charge in [0.1, 0.15) is 11.3 Å². The molecule has 0 radical (unpaired) electrons. The van der Waals surface area contributed by atoms with Crippen LogP contribution < -0.4 is 4.90 Å². The molecule has 0 aliphatic carbocycles. The van der Waals surface area contributed by atoms with Gasteiger partial charge in [-0.25, -0.2) is 9.69 Å². The number of carbonyl (C=O) groups excluding carboxylic acids is 3. The highest BCUT2D eigenvalue weighted by Crippen LogP contribution is 2.40. The predicted octanol–water partition coefficient (Wildman–Crippen LogP) is 5.00. The van der Waals surface area contributed by atoms with Crippen molar-refractivity contribution >= 4 is 29.6 Å². The van der Waals surface area contributed by atoms with E-state index in [4.69, 9.17) is 0 Å². The van der Waals surface area contributed by atoms with Crippen LogP contribution in [0, 0.1) is 0 Å². The summed E-state index contributed by atoms with van der Waals surface area (Å²) in [6.45, 7) is 12.0. The summed E-state index contributed by atoms with van der Waals surface area (Å²) in [4.78, 5) is 40.8. The molecule has 1 aliphatic heterocycles. The fraction of sp³-hybridized carbons (Fsp3) is 0.346. The molecule has 6 nitrogen and oxygen atoms in total. The Hall–Kier alpha value is -3.41. The van der Waals surface area contributed by atoms with Crippen molar-refractivity contribution in [2.75, 3.05) is 11.9 Å². The van der Waals surface area contributed by atoms with E-state index in [2.05, 4.69) is 0 Å². The van der Waals surface area contributed by atoms with Crippen molar-refractivity contribution in [2.24, 2.45) is 0 Å². The van der Waals surface area contributed by atoms with Crippen LogP contribution in [0.15, 0.2) is 48.0 Å². The van der Waals surface area contributed by atoms with E-state index in [1.807, 2.05) is 41.5 Å². The largest absolute Gasteiger partial charge is 0.507 e. The lowest BCUT2D eigenvalue weighted by atomic mass is 9.78. The predicted molar refractivity (Wildman–Crippen MR) is 126 cm³/mol. The summed E-state index contributed by atoms with van der Waals surface area (Å²) >= 11 is 0. The minimum absolute atomic E-state index is 0.110. The zero-order chi connectivity index (χ0) is 24.0. The highest BCUT2D eigenvalue weighted by atomic mass is 16.3. The third-order valence-electron chi connectivity index (χ3n) is 5.52. The first-order valence-electron chi connectivity index (χ1n) is 10.5. The second-order valence-corrected chi connectivity index (χ2v) is 10.1. The summed E-state index contributed by atoms with van der Waals surface area (Å²) in [6, 6.07) is 11.4. The van der Waals surface area contributed by atoms with Crippen LogP contribution in [-0.2, 0) is 20.4 Å². The van der Waals surface area contributed by atoms with Crippen molar-refractivity contribution in [1.29, 1.82) is 0 Å². The number of aromatic hydroxyl groups is 1. The minimum atomic E-state index is -0.695. The van der Waals surface area contributed by atoms with Crippen LogP contribution in [0.5, 0.6) is 5.75 Å². The molecule has 2 aromatic rings. The van der Waals surface area contributed by atoms with Crippen LogP contribution in [-0.4, -0.2) is 34.9 Å². The van der Waals surface area contributed by atoms with Gasteiger partial charge >= 0.3 is 6.03 Å². The Balaban J connectivity index is 2.21. The van der Waals surface area contributed by atoms with E-state index in [9.17, 15) is 19.5 Å². The molecule has 0 atom stereocenters. The molecule has 2 aromatic carbocycles. The van der Waals surface area contributed by atoms with Gasteiger partial charge < -0.3 is 5.11 Å². The number of para-hydroxylation sites is 1. The lowest BCUT2D eigenvalue weighted by Gasteiger charge is -2.32. The van der Waals surface area contributed by atoms with Gasteiger partial charge in [-0.15, -0.1) is 0 Å². The number of nitrogens with zero attached hydrogens (tertiary/aromatic N) is 2. The molecule has 1 aliphatic rings. The molecule has 1 heterocycles. The Kier molecular flexibility index (Phi) is 5.77. The van der Waals surface area contributed by atoms with E-state index >= 15 is 0 Å². The maximum absolute atomic E-state index is 13.3. The topological polar surface area (TPSA) is 77.9 Å². The number of barbiturate groups is 1. The molecule has 32 heavy (non-hydrogen) atoms. The zero-order valence-electron chi connectivity index (χ0n) is 19.7. The average molecular weight is 435 g/mol. The normalized spacial score (nSPS) is 16.8. The van der Waals surface area contributed by atoms with Crippen LogP contribution >= 0.6 is 0 Å². The number of rotatable bonds is 2. The molecule has 0 spiro atoms. The minimum Gasteiger partial charge on any atom is -0.507 e. The first-order valence-corrected chi connectivity index (χ1v) is 10.5. The zero-order valence-corrected chi connectivity index (χ0v) is 19.7. The Morgan fingerprint density at radius 3 is 1.78 bits per heavy atom. The SMILES string of the molecule is CN1C(=O)/C(=C\c2cc(C(C)(C)C)c(O)c(C(C)(C)C)c2)C(=O)N(c2ccccc2)C1=O. The summed E-state index contributed by atoms with van der Waals surface area (Å²) in [5, 5.41) is 10.9. The number of amides is 4. The summed E-state index contributed by atoms with van der Waals surface area (Å²) in [5.41, 5.74) is 1.62. The van der Waals surface area contributed by atoms with Gasteiger partial charge in [0.2, 0.25) is 0 Å². The lowest BCUT2D eigenvalue weighted by Crippen LogP contribution is -2.55. The molecule has 0 bridgehead atoms. The molecule has 6 heteroatoms. The van der Waals surface area contributed by atoms with Crippen molar-refractivity contribution in [1.82, 2.24) is 4.90 Å². The van der Waals surface area contributed by atoms with Crippen LogP contribution in [0.3, 0.4) is 0 Å². The number of benzene rings is 2. The second-order valence-electron chi connectivity index (χ2n) is 10.1. The molecule has 168 valence electrons. The summed E-state index contributed by atoms with van der Waals surface area (Å²) in [6.07, 6.45) is 1.51. The molecule has 1 fully saturated rings. The van der Waals surface area contributed by atoms with Gasteiger partial charge in [0, 0.05) is 18.2 Å². The number of carbonyl (C=O) groups is 3. The quantitative estimate of drug-likeness (QED) is 0.533. The van der Waals surface area contributed by atoms with E-state index in [1.54, 1.807) is 42.5 Å². The molecule has 0 aromatic heterocycles. The molecule has 0 saturated carbocycles. The number of urea groups is 1. The second kappa shape index (κ2) is 7.93. The fourth-order valence-electron chi connectivity index (χ4n) is 3.69. The molecule has 4 amide bonds. The number of phenolic OH excluding ortho intramolecular Hbond substituents is 1. The number of imide groups is 2. The number of hydrogen-bond acceptors (Lipinski definition) is 4. The average Bonchev–Trinajstić information content (AvgIpc) is 2.70.